The van der Waals surface area contributed by atoms with Gasteiger partial charge in [0.05, 0.1) is 11.7 Å². The standard InChI is InChI=1S/C9H19NO2/c1-9(2,12)7-10-5-3-4-8(11)6-10/h8,11-12H,3-7H2,1-2H3. The molecule has 1 aliphatic heterocycles. The quantitative estimate of drug-likeness (QED) is 0.627. The topological polar surface area (TPSA) is 43.7 Å². The lowest BCUT2D eigenvalue weighted by Crippen LogP contribution is -2.45. The first kappa shape index (κ1) is 9.96. The summed E-state index contributed by atoms with van der Waals surface area (Å²) in [6.45, 7) is 5.97. The number of aliphatic hydroxyl groups excluding tert-OH is 1. The largest absolute Gasteiger partial charge is 0.392 e. The monoisotopic (exact) mass is 173 g/mol. The van der Waals surface area contributed by atoms with Crippen LogP contribution in [0.15, 0.2) is 0 Å². The third kappa shape index (κ3) is 3.52. The molecule has 3 heteroatoms. The van der Waals surface area contributed by atoms with Crippen LogP contribution in [-0.4, -0.2) is 46.5 Å². The molecule has 0 radical (unpaired) electrons. The summed E-state index contributed by atoms with van der Waals surface area (Å²) in [6.07, 6.45) is 1.75. The lowest BCUT2D eigenvalue weighted by molar-refractivity contribution is 0.00167. The Morgan fingerprint density at radius 3 is 2.67 bits per heavy atom. The van der Waals surface area contributed by atoms with Crippen LogP contribution in [0.5, 0.6) is 0 Å². The molecular weight excluding hydrogens is 154 g/mol. The molecule has 1 heterocycles. The summed E-state index contributed by atoms with van der Waals surface area (Å²) in [5, 5.41) is 18.9. The van der Waals surface area contributed by atoms with Crippen LogP contribution in [0.25, 0.3) is 0 Å². The molecule has 1 aliphatic rings. The van der Waals surface area contributed by atoms with Gasteiger partial charge in [0.25, 0.3) is 0 Å². The zero-order valence-corrected chi connectivity index (χ0v) is 7.95. The van der Waals surface area contributed by atoms with E-state index in [4.69, 9.17) is 0 Å². The summed E-state index contributed by atoms with van der Waals surface area (Å²) in [7, 11) is 0. The van der Waals surface area contributed by atoms with E-state index in [0.717, 1.165) is 19.4 Å². The Morgan fingerprint density at radius 1 is 1.50 bits per heavy atom. The SMILES string of the molecule is CC(C)(O)CN1CCCC(O)C1. The average molecular weight is 173 g/mol. The minimum absolute atomic E-state index is 0.193. The van der Waals surface area contributed by atoms with Crippen molar-refractivity contribution in [1.82, 2.24) is 4.90 Å². The third-order valence-electron chi connectivity index (χ3n) is 2.09. The number of hydrogen-bond donors (Lipinski definition) is 2. The number of rotatable bonds is 2. The van der Waals surface area contributed by atoms with E-state index in [1.165, 1.54) is 0 Å². The van der Waals surface area contributed by atoms with Gasteiger partial charge in [0, 0.05) is 13.1 Å². The zero-order chi connectivity index (χ0) is 9.19. The normalized spacial score (nSPS) is 27.5. The summed E-state index contributed by atoms with van der Waals surface area (Å²) in [5.74, 6) is 0. The van der Waals surface area contributed by atoms with E-state index >= 15 is 0 Å². The number of piperidine rings is 1. The number of likely N-dealkylation sites (tertiary alicyclic amines) is 1. The molecule has 0 amide bonds. The molecule has 0 aromatic carbocycles. The van der Waals surface area contributed by atoms with E-state index in [-0.39, 0.29) is 6.10 Å². The van der Waals surface area contributed by atoms with Crippen molar-refractivity contribution in [2.24, 2.45) is 0 Å². The lowest BCUT2D eigenvalue weighted by atomic mass is 10.0. The van der Waals surface area contributed by atoms with Crippen molar-refractivity contribution >= 4 is 0 Å². The van der Waals surface area contributed by atoms with Gasteiger partial charge in [0.2, 0.25) is 0 Å². The molecule has 1 rings (SSSR count). The fourth-order valence-corrected chi connectivity index (χ4v) is 1.72. The van der Waals surface area contributed by atoms with Crippen molar-refractivity contribution in [3.8, 4) is 0 Å². The first-order chi connectivity index (χ1) is 5.47. The highest BCUT2D eigenvalue weighted by atomic mass is 16.3. The van der Waals surface area contributed by atoms with Gasteiger partial charge < -0.3 is 10.2 Å². The summed E-state index contributed by atoms with van der Waals surface area (Å²) >= 11 is 0. The zero-order valence-electron chi connectivity index (χ0n) is 7.95. The van der Waals surface area contributed by atoms with Gasteiger partial charge in [-0.1, -0.05) is 0 Å². The van der Waals surface area contributed by atoms with Crippen molar-refractivity contribution in [3.05, 3.63) is 0 Å². The Hall–Kier alpha value is -0.120. The van der Waals surface area contributed by atoms with Crippen molar-refractivity contribution in [2.75, 3.05) is 19.6 Å². The van der Waals surface area contributed by atoms with Crippen LogP contribution in [0, 0.1) is 0 Å². The highest BCUT2D eigenvalue weighted by Gasteiger charge is 2.23. The second-order valence-electron chi connectivity index (χ2n) is 4.34. The lowest BCUT2D eigenvalue weighted by Gasteiger charge is -2.33. The van der Waals surface area contributed by atoms with Crippen molar-refractivity contribution < 1.29 is 10.2 Å². The number of aliphatic hydroxyl groups is 2. The van der Waals surface area contributed by atoms with Gasteiger partial charge >= 0.3 is 0 Å². The molecule has 1 unspecified atom stereocenters. The molecule has 1 saturated heterocycles. The van der Waals surface area contributed by atoms with Gasteiger partial charge in [-0.2, -0.15) is 0 Å². The van der Waals surface area contributed by atoms with Crippen LogP contribution < -0.4 is 0 Å². The Labute approximate surface area is 74.0 Å². The van der Waals surface area contributed by atoms with Gasteiger partial charge in [-0.05, 0) is 33.2 Å². The van der Waals surface area contributed by atoms with E-state index in [2.05, 4.69) is 4.90 Å². The molecule has 0 bridgehead atoms. The fourth-order valence-electron chi connectivity index (χ4n) is 1.72. The van der Waals surface area contributed by atoms with Crippen LogP contribution in [0.3, 0.4) is 0 Å². The van der Waals surface area contributed by atoms with Gasteiger partial charge in [-0.3, -0.25) is 4.90 Å². The number of hydrogen-bond acceptors (Lipinski definition) is 3. The van der Waals surface area contributed by atoms with Crippen LogP contribution >= 0.6 is 0 Å². The number of β-amino-alcohol motifs (C(OH)–C–C–N with tert-alkyl or cyclic N) is 2. The summed E-state index contributed by atoms with van der Waals surface area (Å²) in [4.78, 5) is 2.12. The van der Waals surface area contributed by atoms with E-state index in [0.29, 0.717) is 13.1 Å². The Kier molecular flexibility index (Phi) is 3.09. The molecule has 3 nitrogen and oxygen atoms in total. The molecule has 2 N–H and O–H groups in total. The summed E-state index contributed by atoms with van der Waals surface area (Å²) in [5.41, 5.74) is -0.642. The third-order valence-corrected chi connectivity index (χ3v) is 2.09. The van der Waals surface area contributed by atoms with Crippen molar-refractivity contribution in [1.29, 1.82) is 0 Å². The molecule has 0 saturated carbocycles. The number of nitrogens with zero attached hydrogens (tertiary/aromatic N) is 1. The minimum Gasteiger partial charge on any atom is -0.392 e. The molecule has 1 fully saturated rings. The Bertz CT molecular complexity index is 142. The van der Waals surface area contributed by atoms with Gasteiger partial charge in [0.15, 0.2) is 0 Å². The average Bonchev–Trinajstić information content (AvgIpc) is 1.82. The maximum Gasteiger partial charge on any atom is 0.0718 e. The predicted octanol–water partition coefficient (Wildman–Crippen LogP) is 0.214. The van der Waals surface area contributed by atoms with Gasteiger partial charge in [-0.15, -0.1) is 0 Å². The Balaban J connectivity index is 2.32. The Morgan fingerprint density at radius 2 is 2.17 bits per heavy atom. The molecule has 0 aromatic rings. The highest BCUT2D eigenvalue weighted by Crippen LogP contribution is 2.13. The minimum atomic E-state index is -0.642. The molecular formula is C9H19NO2. The van der Waals surface area contributed by atoms with E-state index < -0.39 is 5.60 Å². The molecule has 0 spiro atoms. The van der Waals surface area contributed by atoms with E-state index in [9.17, 15) is 10.2 Å². The smallest absolute Gasteiger partial charge is 0.0718 e. The van der Waals surface area contributed by atoms with Crippen molar-refractivity contribution in [2.45, 2.75) is 38.4 Å². The summed E-state index contributed by atoms with van der Waals surface area (Å²) < 4.78 is 0. The highest BCUT2D eigenvalue weighted by molar-refractivity contribution is 4.77. The van der Waals surface area contributed by atoms with Crippen molar-refractivity contribution in [3.63, 3.8) is 0 Å². The second-order valence-corrected chi connectivity index (χ2v) is 4.34. The van der Waals surface area contributed by atoms with Crippen LogP contribution in [-0.2, 0) is 0 Å². The molecule has 1 atom stereocenters. The first-order valence-electron chi connectivity index (χ1n) is 4.60. The maximum absolute atomic E-state index is 9.53. The van der Waals surface area contributed by atoms with Crippen LogP contribution in [0.4, 0.5) is 0 Å². The van der Waals surface area contributed by atoms with E-state index in [1.807, 2.05) is 0 Å². The first-order valence-corrected chi connectivity index (χ1v) is 4.60. The van der Waals surface area contributed by atoms with Crippen LogP contribution in [0.1, 0.15) is 26.7 Å². The molecule has 0 aliphatic carbocycles. The summed E-state index contributed by atoms with van der Waals surface area (Å²) in [6, 6.07) is 0. The van der Waals surface area contributed by atoms with Crippen LogP contribution in [0.2, 0.25) is 0 Å². The van der Waals surface area contributed by atoms with Gasteiger partial charge in [-0.25, -0.2) is 0 Å². The molecule has 12 heavy (non-hydrogen) atoms. The predicted molar refractivity (Wildman–Crippen MR) is 48.0 cm³/mol. The maximum atomic E-state index is 9.53. The second kappa shape index (κ2) is 3.73. The van der Waals surface area contributed by atoms with E-state index in [1.54, 1.807) is 13.8 Å². The van der Waals surface area contributed by atoms with Gasteiger partial charge in [0.1, 0.15) is 0 Å². The fraction of sp³-hybridized carbons (Fsp3) is 1.00. The molecule has 72 valence electrons. The molecule has 0 aromatic heterocycles.